The summed E-state index contributed by atoms with van der Waals surface area (Å²) < 4.78 is 143. The number of aliphatic imine (C=N–C) groups is 1. The predicted molar refractivity (Wildman–Crippen MR) is 117 cm³/mol. The number of rotatable bonds is 5. The van der Waals surface area contributed by atoms with Gasteiger partial charge in [0, 0.05) is 18.0 Å². The van der Waals surface area contributed by atoms with Crippen LogP contribution in [-0.4, -0.2) is 30.0 Å². The lowest BCUT2D eigenvalue weighted by atomic mass is 10.00. The number of alkyl halides is 9. The van der Waals surface area contributed by atoms with Crippen molar-refractivity contribution in [2.75, 3.05) is 5.75 Å². The molecule has 0 aliphatic carbocycles. The number of sulfone groups is 1. The molecule has 0 spiro atoms. The third-order valence-corrected chi connectivity index (χ3v) is 6.78. The Labute approximate surface area is 209 Å². The summed E-state index contributed by atoms with van der Waals surface area (Å²) in [5.41, 5.74) is -0.0812. The molecular formula is C22H15F9N4O2S. The molecule has 0 saturated carbocycles. The van der Waals surface area contributed by atoms with Crippen LogP contribution in [0.25, 0.3) is 11.1 Å². The second kappa shape index (κ2) is 9.89. The highest BCUT2D eigenvalue weighted by atomic mass is 32.2. The molecule has 0 radical (unpaired) electrons. The van der Waals surface area contributed by atoms with Gasteiger partial charge in [0.25, 0.3) is 0 Å². The molecule has 0 amide bonds. The Morgan fingerprint density at radius 2 is 1.34 bits per heavy atom. The van der Waals surface area contributed by atoms with E-state index in [4.69, 9.17) is 5.73 Å². The summed E-state index contributed by atoms with van der Waals surface area (Å²) in [6, 6.07) is 3.00. The molecule has 16 heteroatoms. The molecule has 0 bridgehead atoms. The molecule has 3 rings (SSSR count). The highest BCUT2D eigenvalue weighted by molar-refractivity contribution is 7.91. The highest BCUT2D eigenvalue weighted by Crippen LogP contribution is 2.39. The van der Waals surface area contributed by atoms with E-state index in [1.54, 1.807) is 0 Å². The molecule has 204 valence electrons. The summed E-state index contributed by atoms with van der Waals surface area (Å²) in [6.45, 7) is 1.21. The molecule has 0 atom stereocenters. The van der Waals surface area contributed by atoms with E-state index >= 15 is 0 Å². The highest BCUT2D eigenvalue weighted by Gasteiger charge is 2.37. The van der Waals surface area contributed by atoms with Crippen molar-refractivity contribution >= 4 is 21.5 Å². The van der Waals surface area contributed by atoms with E-state index < -0.39 is 78.4 Å². The van der Waals surface area contributed by atoms with Crippen LogP contribution in [0.15, 0.2) is 58.7 Å². The van der Waals surface area contributed by atoms with Crippen molar-refractivity contribution in [3.8, 4) is 11.1 Å². The Hall–Kier alpha value is -3.69. The Kier molecular flexibility index (Phi) is 7.51. The van der Waals surface area contributed by atoms with Crippen LogP contribution >= 0.6 is 0 Å². The minimum atomic E-state index is -5.15. The van der Waals surface area contributed by atoms with Crippen LogP contribution in [-0.2, 0) is 28.4 Å². The van der Waals surface area contributed by atoms with Gasteiger partial charge >= 0.3 is 18.5 Å². The van der Waals surface area contributed by atoms with Crippen molar-refractivity contribution in [2.45, 2.75) is 30.3 Å². The Morgan fingerprint density at radius 3 is 1.79 bits per heavy atom. The van der Waals surface area contributed by atoms with Crippen LogP contribution in [0.4, 0.5) is 45.3 Å². The van der Waals surface area contributed by atoms with Crippen molar-refractivity contribution < 1.29 is 47.9 Å². The fraction of sp³-hybridized carbons (Fsp3) is 0.227. The number of aromatic nitrogens is 2. The van der Waals surface area contributed by atoms with Gasteiger partial charge in [-0.25, -0.2) is 18.4 Å². The number of pyridine rings is 2. The summed E-state index contributed by atoms with van der Waals surface area (Å²) >= 11 is 0. The average molecular weight is 570 g/mol. The second-order valence-electron chi connectivity index (χ2n) is 7.67. The number of amidine groups is 1. The van der Waals surface area contributed by atoms with E-state index in [1.165, 1.54) is 6.92 Å². The van der Waals surface area contributed by atoms with Gasteiger partial charge in [0.2, 0.25) is 0 Å². The quantitative estimate of drug-likeness (QED) is 0.230. The topological polar surface area (TPSA) is 98.3 Å². The molecule has 0 saturated heterocycles. The largest absolute Gasteiger partial charge is 0.417 e. The van der Waals surface area contributed by atoms with Gasteiger partial charge < -0.3 is 5.73 Å². The zero-order valence-electron chi connectivity index (χ0n) is 18.9. The summed E-state index contributed by atoms with van der Waals surface area (Å²) in [5.74, 6) is -1.54. The van der Waals surface area contributed by atoms with Crippen LogP contribution in [0.1, 0.15) is 29.3 Å². The van der Waals surface area contributed by atoms with E-state index in [1.807, 2.05) is 0 Å². The van der Waals surface area contributed by atoms with Crippen molar-refractivity contribution in [1.82, 2.24) is 9.97 Å². The summed E-state index contributed by atoms with van der Waals surface area (Å²) in [4.78, 5) is 10.4. The summed E-state index contributed by atoms with van der Waals surface area (Å²) in [6.07, 6.45) is -13.7. The predicted octanol–water partition coefficient (Wildman–Crippen LogP) is 6.03. The van der Waals surface area contributed by atoms with Crippen LogP contribution < -0.4 is 5.73 Å². The third-order valence-electron chi connectivity index (χ3n) is 5.04. The van der Waals surface area contributed by atoms with E-state index in [2.05, 4.69) is 15.0 Å². The number of nitrogens with two attached hydrogens (primary N) is 1. The number of hydrogen-bond donors (Lipinski definition) is 1. The lowest BCUT2D eigenvalue weighted by Gasteiger charge is -2.15. The minimum absolute atomic E-state index is 0.0866. The average Bonchev–Trinajstić information content (AvgIpc) is 2.82. The first kappa shape index (κ1) is 28.9. The molecular weight excluding hydrogens is 555 g/mol. The zero-order valence-corrected chi connectivity index (χ0v) is 19.7. The fourth-order valence-corrected chi connectivity index (χ4v) is 4.17. The molecule has 2 N–H and O–H groups in total. The van der Waals surface area contributed by atoms with Crippen LogP contribution in [0.3, 0.4) is 0 Å². The van der Waals surface area contributed by atoms with E-state index in [0.29, 0.717) is 24.4 Å². The van der Waals surface area contributed by atoms with E-state index in [-0.39, 0.29) is 11.9 Å². The molecule has 0 unspecified atom stereocenters. The first-order valence-corrected chi connectivity index (χ1v) is 11.9. The van der Waals surface area contributed by atoms with Gasteiger partial charge in [-0.1, -0.05) is 6.92 Å². The van der Waals surface area contributed by atoms with Crippen molar-refractivity contribution in [1.29, 1.82) is 0 Å². The molecule has 6 nitrogen and oxygen atoms in total. The fourth-order valence-electron chi connectivity index (χ4n) is 3.11. The Balaban J connectivity index is 2.18. The first-order chi connectivity index (χ1) is 17.3. The number of nitrogens with zero attached hydrogens (tertiary/aromatic N) is 3. The van der Waals surface area contributed by atoms with Crippen LogP contribution in [0.5, 0.6) is 0 Å². The maximum Gasteiger partial charge on any atom is 0.417 e. The summed E-state index contributed by atoms with van der Waals surface area (Å²) in [5, 5.41) is 0. The van der Waals surface area contributed by atoms with Gasteiger partial charge in [-0.05, 0) is 42.0 Å². The third kappa shape index (κ3) is 6.41. The smallest absolute Gasteiger partial charge is 0.382 e. The number of halogens is 9. The van der Waals surface area contributed by atoms with Gasteiger partial charge in [0.05, 0.1) is 27.3 Å². The standard InChI is InChI=1S/C22H15F9N4O2S/c1-2-38(36,37)16-7-12(11-5-14(21(26,27)28)8-15(6-11)22(29,30)31)9-34-18(16)19(32)35-17-4-3-13(10-33-17)20(23,24)25/h3-10H,2H2,1H3,(H2,32,33,35). The zero-order chi connectivity index (χ0) is 28.7. The minimum Gasteiger partial charge on any atom is -0.382 e. The number of hydrogen-bond acceptors (Lipinski definition) is 5. The SMILES string of the molecule is CCS(=O)(=O)c1cc(-c2cc(C(F)(F)F)cc(C(F)(F)F)c2)cnc1C(N)=Nc1ccc(C(F)(F)F)cn1. The van der Waals surface area contributed by atoms with Gasteiger partial charge in [-0.3, -0.25) is 4.98 Å². The molecule has 3 aromatic rings. The lowest BCUT2D eigenvalue weighted by Crippen LogP contribution is -2.20. The van der Waals surface area contributed by atoms with Gasteiger partial charge in [-0.15, -0.1) is 0 Å². The number of benzene rings is 1. The second-order valence-corrected chi connectivity index (χ2v) is 9.92. The van der Waals surface area contributed by atoms with Crippen molar-refractivity contribution in [3.63, 3.8) is 0 Å². The molecule has 38 heavy (non-hydrogen) atoms. The van der Waals surface area contributed by atoms with Gasteiger partial charge in [-0.2, -0.15) is 39.5 Å². The lowest BCUT2D eigenvalue weighted by molar-refractivity contribution is -0.143. The van der Waals surface area contributed by atoms with Crippen LogP contribution in [0.2, 0.25) is 0 Å². The maximum absolute atomic E-state index is 13.3. The molecule has 0 fully saturated rings. The molecule has 2 aromatic heterocycles. The van der Waals surface area contributed by atoms with Gasteiger partial charge in [0.15, 0.2) is 21.5 Å². The Morgan fingerprint density at radius 1 is 0.789 bits per heavy atom. The Bertz CT molecular complexity index is 1450. The molecule has 1 aromatic carbocycles. The van der Waals surface area contributed by atoms with Crippen LogP contribution in [0, 0.1) is 0 Å². The van der Waals surface area contributed by atoms with Crippen molar-refractivity contribution in [2.24, 2.45) is 10.7 Å². The first-order valence-electron chi connectivity index (χ1n) is 10.2. The normalized spacial score (nSPS) is 13.6. The maximum atomic E-state index is 13.3. The van der Waals surface area contributed by atoms with E-state index in [9.17, 15) is 47.9 Å². The van der Waals surface area contributed by atoms with Crippen molar-refractivity contribution in [3.05, 3.63) is 71.2 Å². The summed E-state index contributed by atoms with van der Waals surface area (Å²) in [7, 11) is -4.24. The molecule has 0 aliphatic heterocycles. The monoisotopic (exact) mass is 570 g/mol. The molecule has 2 heterocycles. The van der Waals surface area contributed by atoms with Gasteiger partial charge in [0.1, 0.15) is 5.69 Å². The molecule has 0 aliphatic rings. The van der Waals surface area contributed by atoms with E-state index in [0.717, 1.165) is 18.3 Å².